The van der Waals surface area contributed by atoms with E-state index in [-0.39, 0.29) is 11.4 Å². The molecule has 0 aliphatic carbocycles. The summed E-state index contributed by atoms with van der Waals surface area (Å²) < 4.78 is 3.16. The molecule has 2 N–H and O–H groups in total. The van der Waals surface area contributed by atoms with Crippen LogP contribution in [0.3, 0.4) is 0 Å². The maximum absolute atomic E-state index is 12.3. The second kappa shape index (κ2) is 6.34. The highest BCUT2D eigenvalue weighted by molar-refractivity contribution is 9.10. The zero-order valence-corrected chi connectivity index (χ0v) is 17.6. The minimum absolute atomic E-state index is 0.0172. The van der Waals surface area contributed by atoms with Crippen molar-refractivity contribution in [1.82, 2.24) is 30.0 Å². The normalized spacial score (nSPS) is 21.0. The molecule has 0 radical (unpaired) electrons. The van der Waals surface area contributed by atoms with Crippen LogP contribution in [0.5, 0.6) is 0 Å². The van der Waals surface area contributed by atoms with Gasteiger partial charge in [-0.05, 0) is 54.2 Å². The second-order valence-electron chi connectivity index (χ2n) is 7.86. The second-order valence-corrected chi connectivity index (χ2v) is 8.66. The van der Waals surface area contributed by atoms with Gasteiger partial charge in [0.05, 0.1) is 10.2 Å². The molecule has 3 aromatic rings. The van der Waals surface area contributed by atoms with Gasteiger partial charge in [0, 0.05) is 54.9 Å². The Kier molecular flexibility index (Phi) is 4.01. The number of H-pyrrole nitrogens is 1. The van der Waals surface area contributed by atoms with E-state index < -0.39 is 0 Å². The molecule has 146 valence electrons. The Bertz CT molecular complexity index is 1090. The Labute approximate surface area is 171 Å². The number of fused-ring (bicyclic) bond motifs is 3. The minimum Gasteiger partial charge on any atom is -0.346 e. The maximum Gasteiger partial charge on any atom is 0.317 e. The predicted molar refractivity (Wildman–Crippen MR) is 111 cm³/mol. The van der Waals surface area contributed by atoms with E-state index in [0.717, 1.165) is 59.2 Å². The maximum atomic E-state index is 12.3. The zero-order chi connectivity index (χ0) is 19.5. The number of aryl methyl sites for hydroxylation is 2. The van der Waals surface area contributed by atoms with Crippen LogP contribution >= 0.6 is 15.9 Å². The number of amides is 2. The number of pyridine rings is 1. The standard InChI is InChI=1S/C20H23BrN6O/c1-3-22-19(28)26-6-4-20(11-26)5-7-27-17(20)15(21)16(25-27)13-8-14-12(2)9-23-18(14)24-10-13/h8-10H,3-7,11H2,1-2H3,(H,22,28)(H,23,24). The molecule has 2 amide bonds. The largest absolute Gasteiger partial charge is 0.346 e. The molecule has 1 unspecified atom stereocenters. The van der Waals surface area contributed by atoms with Gasteiger partial charge in [0.1, 0.15) is 11.3 Å². The van der Waals surface area contributed by atoms with Crippen molar-refractivity contribution in [2.24, 2.45) is 0 Å². The molecule has 3 aromatic heterocycles. The number of aromatic amines is 1. The van der Waals surface area contributed by atoms with Crippen LogP contribution in [0.1, 0.15) is 31.0 Å². The number of rotatable bonds is 2. The molecule has 8 heteroatoms. The highest BCUT2D eigenvalue weighted by atomic mass is 79.9. The number of likely N-dealkylation sites (tertiary alicyclic amines) is 1. The first-order chi connectivity index (χ1) is 13.5. The van der Waals surface area contributed by atoms with E-state index in [0.29, 0.717) is 6.54 Å². The summed E-state index contributed by atoms with van der Waals surface area (Å²) in [6.45, 7) is 7.11. The van der Waals surface area contributed by atoms with Gasteiger partial charge in [-0.1, -0.05) is 0 Å². The summed E-state index contributed by atoms with van der Waals surface area (Å²) in [6.07, 6.45) is 5.86. The number of hydrogen-bond acceptors (Lipinski definition) is 3. The van der Waals surface area contributed by atoms with Crippen molar-refractivity contribution in [1.29, 1.82) is 0 Å². The Morgan fingerprint density at radius 3 is 3.04 bits per heavy atom. The van der Waals surface area contributed by atoms with Crippen LogP contribution in [0, 0.1) is 6.92 Å². The van der Waals surface area contributed by atoms with Gasteiger partial charge in [-0.2, -0.15) is 5.10 Å². The molecule has 5 rings (SSSR count). The van der Waals surface area contributed by atoms with Gasteiger partial charge in [0.25, 0.3) is 0 Å². The van der Waals surface area contributed by atoms with Crippen molar-refractivity contribution in [3.63, 3.8) is 0 Å². The Morgan fingerprint density at radius 2 is 2.21 bits per heavy atom. The molecule has 7 nitrogen and oxygen atoms in total. The molecule has 5 heterocycles. The fourth-order valence-corrected chi connectivity index (χ4v) is 5.64. The summed E-state index contributed by atoms with van der Waals surface area (Å²) in [5.41, 5.74) is 5.22. The van der Waals surface area contributed by atoms with Crippen molar-refractivity contribution < 1.29 is 4.79 Å². The Hall–Kier alpha value is -2.35. The first kappa shape index (κ1) is 17.7. The van der Waals surface area contributed by atoms with Crippen molar-refractivity contribution >= 4 is 33.0 Å². The summed E-state index contributed by atoms with van der Waals surface area (Å²) in [7, 11) is 0. The van der Waals surface area contributed by atoms with Crippen LogP contribution in [-0.2, 0) is 12.0 Å². The minimum atomic E-state index is -0.0172. The molecule has 1 fully saturated rings. The summed E-state index contributed by atoms with van der Waals surface area (Å²) in [4.78, 5) is 22.0. The monoisotopic (exact) mass is 442 g/mol. The smallest absolute Gasteiger partial charge is 0.317 e. The summed E-state index contributed by atoms with van der Waals surface area (Å²) in [5.74, 6) is 0. The van der Waals surface area contributed by atoms with Crippen LogP contribution < -0.4 is 5.32 Å². The van der Waals surface area contributed by atoms with Crippen LogP contribution in [-0.4, -0.2) is 50.3 Å². The molecule has 1 atom stereocenters. The molecule has 0 aromatic carbocycles. The van der Waals surface area contributed by atoms with Gasteiger partial charge >= 0.3 is 6.03 Å². The SMILES string of the molecule is CCNC(=O)N1CCC2(CCn3nc(-c4cnc5[nH]cc(C)c5c4)c(Br)c32)C1. The van der Waals surface area contributed by atoms with E-state index in [9.17, 15) is 4.79 Å². The third-order valence-corrected chi connectivity index (χ3v) is 6.93. The third-order valence-electron chi connectivity index (χ3n) is 6.18. The molecule has 1 saturated heterocycles. The fourth-order valence-electron chi connectivity index (χ4n) is 4.70. The lowest BCUT2D eigenvalue weighted by molar-refractivity contribution is 0.206. The highest BCUT2D eigenvalue weighted by Crippen LogP contribution is 2.48. The van der Waals surface area contributed by atoms with Gasteiger partial charge in [0.15, 0.2) is 0 Å². The zero-order valence-electron chi connectivity index (χ0n) is 16.0. The summed E-state index contributed by atoms with van der Waals surface area (Å²) in [5, 5.41) is 8.95. The first-order valence-electron chi connectivity index (χ1n) is 9.76. The van der Waals surface area contributed by atoms with Crippen LogP contribution in [0.25, 0.3) is 22.3 Å². The lowest BCUT2D eigenvalue weighted by atomic mass is 9.82. The lowest BCUT2D eigenvalue weighted by Gasteiger charge is -2.24. The van der Waals surface area contributed by atoms with Crippen molar-refractivity contribution in [3.8, 4) is 11.3 Å². The van der Waals surface area contributed by atoms with E-state index in [1.165, 1.54) is 11.3 Å². The topological polar surface area (TPSA) is 78.8 Å². The molecular formula is C20H23BrN6O. The number of nitrogens with one attached hydrogen (secondary N) is 2. The first-order valence-corrected chi connectivity index (χ1v) is 10.6. The Morgan fingerprint density at radius 1 is 1.39 bits per heavy atom. The molecule has 28 heavy (non-hydrogen) atoms. The van der Waals surface area contributed by atoms with Crippen LogP contribution in [0.15, 0.2) is 22.9 Å². The van der Waals surface area contributed by atoms with E-state index in [1.807, 2.05) is 24.2 Å². The molecule has 2 aliphatic heterocycles. The number of carbonyl (C=O) groups is 1. The molecule has 1 spiro atoms. The number of carbonyl (C=O) groups excluding carboxylic acids is 1. The fraction of sp³-hybridized carbons (Fsp3) is 0.450. The summed E-state index contributed by atoms with van der Waals surface area (Å²) >= 11 is 3.85. The van der Waals surface area contributed by atoms with Gasteiger partial charge in [-0.3, -0.25) is 4.68 Å². The van der Waals surface area contributed by atoms with E-state index in [1.54, 1.807) is 0 Å². The lowest BCUT2D eigenvalue weighted by Crippen LogP contribution is -2.40. The van der Waals surface area contributed by atoms with Gasteiger partial charge in [0.2, 0.25) is 0 Å². The third kappa shape index (κ3) is 2.50. The van der Waals surface area contributed by atoms with Crippen molar-refractivity contribution in [2.75, 3.05) is 19.6 Å². The van der Waals surface area contributed by atoms with Gasteiger partial charge in [-0.15, -0.1) is 0 Å². The number of nitrogens with zero attached hydrogens (tertiary/aromatic N) is 4. The molecule has 2 aliphatic rings. The van der Waals surface area contributed by atoms with Crippen LogP contribution in [0.4, 0.5) is 4.79 Å². The van der Waals surface area contributed by atoms with E-state index >= 15 is 0 Å². The average Bonchev–Trinajstić information content (AvgIpc) is 3.43. The van der Waals surface area contributed by atoms with Gasteiger partial charge in [-0.25, -0.2) is 9.78 Å². The van der Waals surface area contributed by atoms with E-state index in [2.05, 4.69) is 48.9 Å². The van der Waals surface area contributed by atoms with Crippen LogP contribution in [0.2, 0.25) is 0 Å². The summed E-state index contributed by atoms with van der Waals surface area (Å²) in [6, 6.07) is 2.19. The van der Waals surface area contributed by atoms with Crippen molar-refractivity contribution in [2.45, 2.75) is 38.6 Å². The number of halogens is 1. The van der Waals surface area contributed by atoms with E-state index in [4.69, 9.17) is 5.10 Å². The highest BCUT2D eigenvalue weighted by Gasteiger charge is 2.48. The number of aromatic nitrogens is 4. The number of hydrogen-bond donors (Lipinski definition) is 2. The van der Waals surface area contributed by atoms with Crippen molar-refractivity contribution in [3.05, 3.63) is 34.2 Å². The molecular weight excluding hydrogens is 420 g/mol. The van der Waals surface area contributed by atoms with Gasteiger partial charge < -0.3 is 15.2 Å². The molecule has 0 bridgehead atoms. The quantitative estimate of drug-likeness (QED) is 0.636. The molecule has 0 saturated carbocycles. The predicted octanol–water partition coefficient (Wildman–Crippen LogP) is 3.57. The Balaban J connectivity index is 1.53. The number of urea groups is 1. The average molecular weight is 443 g/mol.